The van der Waals surface area contributed by atoms with Crippen LogP contribution in [-0.2, 0) is 0 Å². The molecule has 0 unspecified atom stereocenters. The fourth-order valence-corrected chi connectivity index (χ4v) is 3.89. The third kappa shape index (κ3) is 4.34. The number of aliphatic hydroxyl groups is 1. The zero-order valence-corrected chi connectivity index (χ0v) is 15.1. The summed E-state index contributed by atoms with van der Waals surface area (Å²) >= 11 is 13.6. The van der Waals surface area contributed by atoms with Crippen LogP contribution in [0.15, 0.2) is 83.8 Å². The van der Waals surface area contributed by atoms with E-state index in [0.717, 1.165) is 16.0 Å². The number of hydrogen-bond donors (Lipinski definition) is 1. The van der Waals surface area contributed by atoms with Crippen molar-refractivity contribution in [2.24, 2.45) is 0 Å². The first-order valence-electron chi connectivity index (χ1n) is 7.54. The van der Waals surface area contributed by atoms with Gasteiger partial charge in [-0.1, -0.05) is 65.7 Å². The van der Waals surface area contributed by atoms with Crippen molar-refractivity contribution in [3.8, 4) is 0 Å². The Balaban J connectivity index is 1.94. The van der Waals surface area contributed by atoms with Crippen LogP contribution in [0.1, 0.15) is 22.5 Å². The third-order valence-electron chi connectivity index (χ3n) is 3.70. The SMILES string of the molecule is O[C@@H](c1ccc(Cl)cc1)[C@@H](Sc1ccccc1)c1ccc(Cl)cc1. The summed E-state index contributed by atoms with van der Waals surface area (Å²) in [5.74, 6) is 0. The van der Waals surface area contributed by atoms with E-state index in [4.69, 9.17) is 23.2 Å². The van der Waals surface area contributed by atoms with Gasteiger partial charge >= 0.3 is 0 Å². The summed E-state index contributed by atoms with van der Waals surface area (Å²) < 4.78 is 0. The highest BCUT2D eigenvalue weighted by atomic mass is 35.5. The molecule has 0 heterocycles. The molecule has 0 aliphatic rings. The minimum absolute atomic E-state index is 0.147. The van der Waals surface area contributed by atoms with Crippen LogP contribution in [0, 0.1) is 0 Å². The van der Waals surface area contributed by atoms with E-state index in [1.165, 1.54) is 0 Å². The lowest BCUT2D eigenvalue weighted by molar-refractivity contribution is 0.175. The Labute approximate surface area is 156 Å². The van der Waals surface area contributed by atoms with Crippen LogP contribution in [0.25, 0.3) is 0 Å². The van der Waals surface area contributed by atoms with Crippen molar-refractivity contribution < 1.29 is 5.11 Å². The minimum Gasteiger partial charge on any atom is -0.387 e. The smallest absolute Gasteiger partial charge is 0.0952 e. The van der Waals surface area contributed by atoms with E-state index in [1.807, 2.05) is 66.7 Å². The predicted octanol–water partition coefficient (Wildman–Crippen LogP) is 6.56. The molecule has 0 spiro atoms. The summed E-state index contributed by atoms with van der Waals surface area (Å²) in [6.07, 6.45) is -0.659. The summed E-state index contributed by atoms with van der Waals surface area (Å²) in [6.45, 7) is 0. The molecular weight excluding hydrogens is 359 g/mol. The molecule has 0 aliphatic heterocycles. The van der Waals surface area contributed by atoms with Crippen LogP contribution >= 0.6 is 35.0 Å². The van der Waals surface area contributed by atoms with Gasteiger partial charge in [-0.2, -0.15) is 0 Å². The monoisotopic (exact) mass is 374 g/mol. The average molecular weight is 375 g/mol. The summed E-state index contributed by atoms with van der Waals surface area (Å²) in [5.41, 5.74) is 1.86. The number of benzene rings is 3. The number of aliphatic hydroxyl groups excluding tert-OH is 1. The van der Waals surface area contributed by atoms with E-state index in [1.54, 1.807) is 23.9 Å². The van der Waals surface area contributed by atoms with Gasteiger partial charge in [0.25, 0.3) is 0 Å². The molecule has 0 saturated carbocycles. The lowest BCUT2D eigenvalue weighted by atomic mass is 10.0. The van der Waals surface area contributed by atoms with Gasteiger partial charge < -0.3 is 5.11 Å². The fraction of sp³-hybridized carbons (Fsp3) is 0.100. The molecule has 24 heavy (non-hydrogen) atoms. The van der Waals surface area contributed by atoms with Crippen LogP contribution in [0.3, 0.4) is 0 Å². The van der Waals surface area contributed by atoms with E-state index < -0.39 is 6.10 Å². The maximum atomic E-state index is 11.0. The Morgan fingerprint density at radius 2 is 1.17 bits per heavy atom. The molecule has 122 valence electrons. The zero-order chi connectivity index (χ0) is 16.9. The summed E-state index contributed by atoms with van der Waals surface area (Å²) in [7, 11) is 0. The van der Waals surface area contributed by atoms with Crippen molar-refractivity contribution in [1.29, 1.82) is 0 Å². The largest absolute Gasteiger partial charge is 0.387 e. The molecule has 0 bridgehead atoms. The Morgan fingerprint density at radius 1 is 0.667 bits per heavy atom. The van der Waals surface area contributed by atoms with Crippen molar-refractivity contribution in [1.82, 2.24) is 0 Å². The normalized spacial score (nSPS) is 13.5. The fourth-order valence-electron chi connectivity index (χ4n) is 2.45. The molecule has 2 atom stereocenters. The van der Waals surface area contributed by atoms with E-state index in [9.17, 15) is 5.11 Å². The van der Waals surface area contributed by atoms with Crippen molar-refractivity contribution in [3.05, 3.63) is 100 Å². The summed E-state index contributed by atoms with van der Waals surface area (Å²) in [6, 6.07) is 25.0. The molecular formula is C20H16Cl2OS. The van der Waals surface area contributed by atoms with Crippen LogP contribution in [0.4, 0.5) is 0 Å². The molecule has 3 rings (SSSR count). The molecule has 1 nitrogen and oxygen atoms in total. The second kappa shape index (κ2) is 8.09. The van der Waals surface area contributed by atoms with Crippen molar-refractivity contribution in [3.63, 3.8) is 0 Å². The van der Waals surface area contributed by atoms with Crippen molar-refractivity contribution in [2.45, 2.75) is 16.2 Å². The quantitative estimate of drug-likeness (QED) is 0.510. The molecule has 0 radical (unpaired) electrons. The van der Waals surface area contributed by atoms with Crippen LogP contribution in [0.2, 0.25) is 10.0 Å². The van der Waals surface area contributed by atoms with E-state index in [2.05, 4.69) is 0 Å². The highest BCUT2D eigenvalue weighted by molar-refractivity contribution is 7.99. The van der Waals surface area contributed by atoms with Crippen LogP contribution in [0.5, 0.6) is 0 Å². The van der Waals surface area contributed by atoms with Crippen LogP contribution < -0.4 is 0 Å². The molecule has 4 heteroatoms. The van der Waals surface area contributed by atoms with Gasteiger partial charge in [-0.15, -0.1) is 11.8 Å². The van der Waals surface area contributed by atoms with Gasteiger partial charge in [0, 0.05) is 14.9 Å². The van der Waals surface area contributed by atoms with E-state index in [0.29, 0.717) is 10.0 Å². The first-order valence-corrected chi connectivity index (χ1v) is 9.18. The molecule has 3 aromatic carbocycles. The maximum absolute atomic E-state index is 11.0. The van der Waals surface area contributed by atoms with E-state index >= 15 is 0 Å². The van der Waals surface area contributed by atoms with Gasteiger partial charge in [-0.05, 0) is 47.5 Å². The van der Waals surface area contributed by atoms with Gasteiger partial charge in [-0.25, -0.2) is 0 Å². The maximum Gasteiger partial charge on any atom is 0.0952 e. The topological polar surface area (TPSA) is 20.2 Å². The van der Waals surface area contributed by atoms with Gasteiger partial charge in [0.05, 0.1) is 11.4 Å². The van der Waals surface area contributed by atoms with Gasteiger partial charge in [-0.3, -0.25) is 0 Å². The van der Waals surface area contributed by atoms with Gasteiger partial charge in [0.1, 0.15) is 0 Å². The predicted molar refractivity (Wildman–Crippen MR) is 103 cm³/mol. The molecule has 0 saturated heterocycles. The highest BCUT2D eigenvalue weighted by Crippen LogP contribution is 2.44. The third-order valence-corrected chi connectivity index (χ3v) is 5.54. The Hall–Kier alpha value is -1.45. The molecule has 0 fully saturated rings. The Bertz CT molecular complexity index is 773. The first kappa shape index (κ1) is 17.4. The number of rotatable bonds is 5. The molecule has 0 aromatic heterocycles. The van der Waals surface area contributed by atoms with Crippen molar-refractivity contribution in [2.75, 3.05) is 0 Å². The Kier molecular flexibility index (Phi) is 5.85. The highest BCUT2D eigenvalue weighted by Gasteiger charge is 2.24. The lowest BCUT2D eigenvalue weighted by Crippen LogP contribution is -2.08. The Morgan fingerprint density at radius 3 is 1.71 bits per heavy atom. The molecule has 3 aromatic rings. The number of halogens is 2. The van der Waals surface area contributed by atoms with Gasteiger partial charge in [0.15, 0.2) is 0 Å². The van der Waals surface area contributed by atoms with Crippen molar-refractivity contribution >= 4 is 35.0 Å². The summed E-state index contributed by atoms with van der Waals surface area (Å²) in [4.78, 5) is 1.10. The number of hydrogen-bond acceptors (Lipinski definition) is 2. The van der Waals surface area contributed by atoms with Gasteiger partial charge in [0.2, 0.25) is 0 Å². The standard InChI is InChI=1S/C20H16Cl2OS/c21-16-10-6-14(7-11-16)19(23)20(15-8-12-17(22)13-9-15)24-18-4-2-1-3-5-18/h1-13,19-20,23H/t19-,20-/m0/s1. The second-order valence-corrected chi connectivity index (χ2v) is 7.49. The summed E-state index contributed by atoms with van der Waals surface area (Å²) in [5, 5.41) is 12.2. The second-order valence-electron chi connectivity index (χ2n) is 5.40. The first-order chi connectivity index (χ1) is 11.6. The lowest BCUT2D eigenvalue weighted by Gasteiger charge is -2.23. The zero-order valence-electron chi connectivity index (χ0n) is 12.8. The van der Waals surface area contributed by atoms with E-state index in [-0.39, 0.29) is 5.25 Å². The molecule has 0 aliphatic carbocycles. The van der Waals surface area contributed by atoms with Crippen LogP contribution in [-0.4, -0.2) is 5.11 Å². The minimum atomic E-state index is -0.659. The average Bonchev–Trinajstić information content (AvgIpc) is 2.62. The number of thioether (sulfide) groups is 1. The molecule has 1 N–H and O–H groups in total. The molecule has 0 amide bonds.